The van der Waals surface area contributed by atoms with Gasteiger partial charge in [0.2, 0.25) is 0 Å². The maximum atomic E-state index is 10.7. The number of allylic oxidation sites excluding steroid dienone is 6. The summed E-state index contributed by atoms with van der Waals surface area (Å²) >= 11 is 3.44. The third kappa shape index (κ3) is 2.78. The van der Waals surface area contributed by atoms with Gasteiger partial charge in [-0.2, -0.15) is 0 Å². The highest BCUT2D eigenvalue weighted by atomic mass is 79.9. The van der Waals surface area contributed by atoms with Crippen LogP contribution in [0.3, 0.4) is 0 Å². The van der Waals surface area contributed by atoms with Gasteiger partial charge in [0.05, 0.1) is 0 Å². The molecule has 0 bridgehead atoms. The molecule has 0 heterocycles. The van der Waals surface area contributed by atoms with Gasteiger partial charge in [-0.25, -0.2) is 0 Å². The summed E-state index contributed by atoms with van der Waals surface area (Å²) < 4.78 is 1.09. The number of hydrogen-bond donors (Lipinski definition) is 0. The number of carbonyl (C=O) groups excluding carboxylic acids is 1. The van der Waals surface area contributed by atoms with E-state index in [1.807, 2.05) is 18.2 Å². The molecule has 0 aromatic heterocycles. The lowest BCUT2D eigenvalue weighted by atomic mass is 10.1. The van der Waals surface area contributed by atoms with Gasteiger partial charge in [-0.1, -0.05) is 34.2 Å². The number of Topliss-reactive ketones (excluding diaryl/α,β-unsaturated/α-hetero) is 1. The summed E-state index contributed by atoms with van der Waals surface area (Å²) in [7, 11) is 0. The van der Waals surface area contributed by atoms with Crippen molar-refractivity contribution in [2.75, 3.05) is 0 Å². The van der Waals surface area contributed by atoms with Crippen molar-refractivity contribution in [2.24, 2.45) is 0 Å². The van der Waals surface area contributed by atoms with E-state index in [4.69, 9.17) is 0 Å². The number of hydrogen-bond acceptors (Lipinski definition) is 1. The fraction of sp³-hybridized carbons (Fsp3) is 0.300. The van der Waals surface area contributed by atoms with Crippen molar-refractivity contribution < 1.29 is 4.79 Å². The van der Waals surface area contributed by atoms with Gasteiger partial charge < -0.3 is 0 Å². The fourth-order valence-corrected chi connectivity index (χ4v) is 1.48. The maximum absolute atomic E-state index is 10.7. The lowest BCUT2D eigenvalue weighted by molar-refractivity contribution is -0.116. The quantitative estimate of drug-likeness (QED) is 0.708. The van der Waals surface area contributed by atoms with Crippen molar-refractivity contribution in [2.45, 2.75) is 19.8 Å². The van der Waals surface area contributed by atoms with Crippen LogP contribution in [0.1, 0.15) is 19.8 Å². The van der Waals surface area contributed by atoms with Crippen LogP contribution in [0, 0.1) is 0 Å². The second kappa shape index (κ2) is 4.41. The van der Waals surface area contributed by atoms with Crippen LogP contribution in [0.25, 0.3) is 0 Å². The minimum atomic E-state index is 0.206. The number of carbonyl (C=O) groups is 1. The van der Waals surface area contributed by atoms with Crippen molar-refractivity contribution in [3.63, 3.8) is 0 Å². The Morgan fingerprint density at radius 1 is 1.75 bits per heavy atom. The average molecular weight is 227 g/mol. The highest BCUT2D eigenvalue weighted by Gasteiger charge is 2.02. The van der Waals surface area contributed by atoms with E-state index in [0.29, 0.717) is 6.42 Å². The number of rotatable bonds is 2. The van der Waals surface area contributed by atoms with Crippen molar-refractivity contribution in [1.82, 2.24) is 0 Å². The first-order chi connectivity index (χ1) is 5.70. The molecule has 0 aromatic carbocycles. The minimum Gasteiger partial charge on any atom is -0.300 e. The fourth-order valence-electron chi connectivity index (χ4n) is 1.000. The number of halogens is 1. The predicted molar refractivity (Wildman–Crippen MR) is 54.1 cm³/mol. The summed E-state index contributed by atoms with van der Waals surface area (Å²) in [5.74, 6) is 0.206. The van der Waals surface area contributed by atoms with Crippen LogP contribution in [0.2, 0.25) is 0 Å². The molecule has 0 radical (unpaired) electrons. The molecule has 1 aliphatic rings. The molecule has 0 N–H and O–H groups in total. The van der Waals surface area contributed by atoms with Gasteiger partial charge in [0.1, 0.15) is 5.78 Å². The van der Waals surface area contributed by atoms with Crippen LogP contribution in [-0.4, -0.2) is 5.78 Å². The van der Waals surface area contributed by atoms with Crippen LogP contribution in [0.5, 0.6) is 0 Å². The third-order valence-electron chi connectivity index (χ3n) is 1.66. The van der Waals surface area contributed by atoms with Crippen LogP contribution in [0.15, 0.2) is 34.4 Å². The molecule has 2 heteroatoms. The highest BCUT2D eigenvalue weighted by Crippen LogP contribution is 2.24. The Labute approximate surface area is 81.0 Å². The Balaban J connectivity index is 2.64. The first-order valence-corrected chi connectivity index (χ1v) is 4.70. The Hall–Kier alpha value is -0.630. The molecule has 0 unspecified atom stereocenters. The molecule has 0 saturated carbocycles. The second-order valence-electron chi connectivity index (χ2n) is 2.78. The van der Waals surface area contributed by atoms with Gasteiger partial charge in [0.15, 0.2) is 0 Å². The van der Waals surface area contributed by atoms with Crippen LogP contribution in [-0.2, 0) is 4.79 Å². The minimum absolute atomic E-state index is 0.206. The molecule has 0 atom stereocenters. The zero-order chi connectivity index (χ0) is 8.97. The second-order valence-corrected chi connectivity index (χ2v) is 3.64. The van der Waals surface area contributed by atoms with Gasteiger partial charge in [0, 0.05) is 10.9 Å². The summed E-state index contributed by atoms with van der Waals surface area (Å²) in [6, 6.07) is 0. The van der Waals surface area contributed by atoms with Crippen molar-refractivity contribution >= 4 is 21.7 Å². The van der Waals surface area contributed by atoms with Gasteiger partial charge in [-0.15, -0.1) is 0 Å². The number of ketones is 1. The predicted octanol–water partition coefficient (Wildman–Crippen LogP) is 3.13. The molecule has 0 fully saturated rings. The van der Waals surface area contributed by atoms with Gasteiger partial charge in [-0.3, -0.25) is 4.79 Å². The monoisotopic (exact) mass is 226 g/mol. The Kier molecular flexibility index (Phi) is 3.48. The molecule has 1 nitrogen and oxygen atoms in total. The lowest BCUT2D eigenvalue weighted by Crippen LogP contribution is -1.90. The van der Waals surface area contributed by atoms with Crippen molar-refractivity contribution in [3.05, 3.63) is 34.4 Å². The first kappa shape index (κ1) is 9.46. The molecule has 0 amide bonds. The first-order valence-electron chi connectivity index (χ1n) is 3.91. The molecule has 64 valence electrons. The van der Waals surface area contributed by atoms with Crippen LogP contribution >= 0.6 is 15.9 Å². The Morgan fingerprint density at radius 2 is 2.50 bits per heavy atom. The van der Waals surface area contributed by atoms with Gasteiger partial charge in [-0.05, 0) is 25.0 Å². The summed E-state index contributed by atoms with van der Waals surface area (Å²) in [4.78, 5) is 10.7. The van der Waals surface area contributed by atoms with E-state index in [0.717, 1.165) is 10.9 Å². The van der Waals surface area contributed by atoms with Crippen LogP contribution in [0.4, 0.5) is 0 Å². The average Bonchev–Trinajstić information content (AvgIpc) is 2.03. The summed E-state index contributed by atoms with van der Waals surface area (Å²) in [6.45, 7) is 1.60. The Morgan fingerprint density at radius 3 is 3.08 bits per heavy atom. The zero-order valence-electron chi connectivity index (χ0n) is 7.01. The molecule has 0 aromatic rings. The normalized spacial score (nSPS) is 19.5. The van der Waals surface area contributed by atoms with E-state index in [1.165, 1.54) is 5.57 Å². The van der Waals surface area contributed by atoms with E-state index >= 15 is 0 Å². The maximum Gasteiger partial charge on any atom is 0.133 e. The Bertz CT molecular complexity index is 272. The SMILES string of the molecule is CC(=O)CC=C1CC=CC=C1Br. The van der Waals surface area contributed by atoms with E-state index in [2.05, 4.69) is 22.0 Å². The molecule has 0 saturated heterocycles. The van der Waals surface area contributed by atoms with Gasteiger partial charge in [0.25, 0.3) is 0 Å². The molecule has 1 rings (SSSR count). The van der Waals surface area contributed by atoms with Gasteiger partial charge >= 0.3 is 0 Å². The largest absolute Gasteiger partial charge is 0.300 e. The highest BCUT2D eigenvalue weighted by molar-refractivity contribution is 9.12. The topological polar surface area (TPSA) is 17.1 Å². The summed E-state index contributed by atoms with van der Waals surface area (Å²) in [6.07, 6.45) is 9.52. The zero-order valence-corrected chi connectivity index (χ0v) is 8.60. The van der Waals surface area contributed by atoms with Crippen molar-refractivity contribution in [3.8, 4) is 0 Å². The smallest absolute Gasteiger partial charge is 0.133 e. The standard InChI is InChI=1S/C10H11BrO/c1-8(12)6-7-9-4-2-3-5-10(9)11/h2-3,5,7H,4,6H2,1H3. The molecule has 0 spiro atoms. The summed E-state index contributed by atoms with van der Waals surface area (Å²) in [5, 5.41) is 0. The van der Waals surface area contributed by atoms with E-state index in [9.17, 15) is 4.79 Å². The molecular weight excluding hydrogens is 216 g/mol. The van der Waals surface area contributed by atoms with Crippen LogP contribution < -0.4 is 0 Å². The van der Waals surface area contributed by atoms with E-state index in [-0.39, 0.29) is 5.78 Å². The molecule has 1 aliphatic carbocycles. The van der Waals surface area contributed by atoms with Crippen molar-refractivity contribution in [1.29, 1.82) is 0 Å². The molecular formula is C10H11BrO. The summed E-state index contributed by atoms with van der Waals surface area (Å²) in [5.41, 5.74) is 1.20. The third-order valence-corrected chi connectivity index (χ3v) is 2.43. The lowest BCUT2D eigenvalue weighted by Gasteiger charge is -2.06. The molecule has 12 heavy (non-hydrogen) atoms. The van der Waals surface area contributed by atoms with E-state index in [1.54, 1.807) is 6.92 Å². The van der Waals surface area contributed by atoms with E-state index < -0.39 is 0 Å². The molecule has 0 aliphatic heterocycles.